The van der Waals surface area contributed by atoms with E-state index in [-0.39, 0.29) is 28.0 Å². The summed E-state index contributed by atoms with van der Waals surface area (Å²) in [6.45, 7) is 1.71. The lowest BCUT2D eigenvalue weighted by Crippen LogP contribution is -2.09. The van der Waals surface area contributed by atoms with Gasteiger partial charge in [-0.25, -0.2) is 4.79 Å². The smallest absolute Gasteiger partial charge is 0.446 e. The maximum atomic E-state index is 12.4. The zero-order valence-electron chi connectivity index (χ0n) is 10.3. The van der Waals surface area contributed by atoms with Crippen LogP contribution in [-0.4, -0.2) is 18.1 Å². The molecule has 0 aliphatic carbocycles. The molecule has 0 unspecified atom stereocenters. The van der Waals surface area contributed by atoms with Crippen molar-refractivity contribution >= 4 is 33.7 Å². The molecule has 20 heavy (non-hydrogen) atoms. The van der Waals surface area contributed by atoms with E-state index >= 15 is 0 Å². The number of rotatable bonds is 4. The summed E-state index contributed by atoms with van der Waals surface area (Å²) in [5.74, 6) is -0.713. The number of hydrogen-bond donors (Lipinski definition) is 0. The van der Waals surface area contributed by atoms with Crippen LogP contribution in [0.1, 0.15) is 28.4 Å². The highest BCUT2D eigenvalue weighted by Crippen LogP contribution is 2.39. The van der Waals surface area contributed by atoms with Crippen LogP contribution in [0.4, 0.5) is 13.2 Å². The second kappa shape index (κ2) is 6.99. The van der Waals surface area contributed by atoms with Gasteiger partial charge in [0.15, 0.2) is 0 Å². The maximum absolute atomic E-state index is 12.4. The predicted molar refractivity (Wildman–Crippen MR) is 71.7 cm³/mol. The fourth-order valence-corrected chi connectivity index (χ4v) is 2.54. The minimum absolute atomic E-state index is 0.0227. The van der Waals surface area contributed by atoms with Crippen molar-refractivity contribution in [2.75, 3.05) is 6.61 Å². The van der Waals surface area contributed by atoms with Crippen molar-refractivity contribution in [1.29, 1.82) is 5.26 Å². The summed E-state index contributed by atoms with van der Waals surface area (Å²) in [6.07, 6.45) is 0. The number of thioether (sulfide) groups is 1. The van der Waals surface area contributed by atoms with Crippen molar-refractivity contribution in [3.05, 3.63) is 28.8 Å². The van der Waals surface area contributed by atoms with Gasteiger partial charge in [0.05, 0.1) is 17.7 Å². The fraction of sp³-hybridized carbons (Fsp3) is 0.333. The Morgan fingerprint density at radius 1 is 1.50 bits per heavy atom. The zero-order chi connectivity index (χ0) is 15.3. The molecule has 0 amide bonds. The van der Waals surface area contributed by atoms with Gasteiger partial charge < -0.3 is 4.74 Å². The van der Waals surface area contributed by atoms with Gasteiger partial charge in [-0.3, -0.25) is 0 Å². The van der Waals surface area contributed by atoms with Crippen molar-refractivity contribution in [2.24, 2.45) is 0 Å². The monoisotopic (exact) mass is 367 g/mol. The van der Waals surface area contributed by atoms with Crippen LogP contribution in [0.3, 0.4) is 0 Å². The largest absolute Gasteiger partial charge is 0.462 e. The summed E-state index contributed by atoms with van der Waals surface area (Å²) in [7, 11) is 0. The summed E-state index contributed by atoms with van der Waals surface area (Å²) in [6, 6.07) is 4.00. The van der Waals surface area contributed by atoms with Crippen LogP contribution in [0, 0.1) is 11.3 Å². The molecule has 3 nitrogen and oxygen atoms in total. The molecule has 0 aliphatic rings. The number of alkyl halides is 4. The average molecular weight is 368 g/mol. The van der Waals surface area contributed by atoms with Crippen molar-refractivity contribution in [1.82, 2.24) is 0 Å². The van der Waals surface area contributed by atoms with E-state index in [1.165, 1.54) is 6.07 Å². The van der Waals surface area contributed by atoms with E-state index in [1.54, 1.807) is 13.0 Å². The van der Waals surface area contributed by atoms with Gasteiger partial charge in [-0.2, -0.15) is 18.4 Å². The SMILES string of the molecule is CCOC(=O)c1cc(SC(F)(F)F)c(C#N)cc1CBr. The molecule has 0 saturated heterocycles. The predicted octanol–water partition coefficient (Wildman–Crippen LogP) is 4.24. The third kappa shape index (κ3) is 4.42. The van der Waals surface area contributed by atoms with Crippen LogP contribution in [0.25, 0.3) is 0 Å². The summed E-state index contributed by atoms with van der Waals surface area (Å²) in [5.41, 5.74) is -4.23. The average Bonchev–Trinajstić information content (AvgIpc) is 2.36. The molecule has 108 valence electrons. The Morgan fingerprint density at radius 3 is 2.60 bits per heavy atom. The number of carbonyl (C=O) groups is 1. The molecular formula is C12H9BrF3NO2S. The summed E-state index contributed by atoms with van der Waals surface area (Å²) in [4.78, 5) is 11.4. The summed E-state index contributed by atoms with van der Waals surface area (Å²) < 4.78 is 42.1. The number of esters is 1. The number of carbonyl (C=O) groups excluding carboxylic acids is 1. The first-order valence-corrected chi connectivity index (χ1v) is 7.32. The van der Waals surface area contributed by atoms with Crippen LogP contribution in [0.15, 0.2) is 17.0 Å². The molecule has 0 aliphatic heterocycles. The zero-order valence-corrected chi connectivity index (χ0v) is 12.7. The van der Waals surface area contributed by atoms with E-state index in [1.807, 2.05) is 0 Å². The second-order valence-electron chi connectivity index (χ2n) is 3.52. The maximum Gasteiger partial charge on any atom is 0.446 e. The first kappa shape index (κ1) is 16.9. The molecule has 1 rings (SSSR count). The Kier molecular flexibility index (Phi) is 5.89. The highest BCUT2D eigenvalue weighted by molar-refractivity contribution is 9.08. The van der Waals surface area contributed by atoms with Crippen molar-refractivity contribution in [3.63, 3.8) is 0 Å². The van der Waals surface area contributed by atoms with Crippen LogP contribution in [0.2, 0.25) is 0 Å². The molecule has 0 bridgehead atoms. The Bertz CT molecular complexity index is 555. The summed E-state index contributed by atoms with van der Waals surface area (Å²) >= 11 is 2.71. The van der Waals surface area contributed by atoms with E-state index in [9.17, 15) is 18.0 Å². The van der Waals surface area contributed by atoms with Crippen molar-refractivity contribution in [2.45, 2.75) is 22.7 Å². The Labute approximate surface area is 126 Å². The van der Waals surface area contributed by atoms with Crippen LogP contribution in [-0.2, 0) is 10.1 Å². The fourth-order valence-electron chi connectivity index (χ4n) is 1.43. The number of halogens is 4. The molecule has 0 radical (unpaired) electrons. The third-order valence-electron chi connectivity index (χ3n) is 2.19. The van der Waals surface area contributed by atoms with Crippen LogP contribution in [0.5, 0.6) is 0 Å². The van der Waals surface area contributed by atoms with Crippen LogP contribution >= 0.6 is 27.7 Å². The number of benzene rings is 1. The van der Waals surface area contributed by atoms with E-state index in [0.29, 0.717) is 5.56 Å². The lowest BCUT2D eigenvalue weighted by molar-refractivity contribution is -0.0328. The minimum atomic E-state index is -4.53. The molecule has 0 heterocycles. The first-order valence-electron chi connectivity index (χ1n) is 5.38. The standard InChI is InChI=1S/C12H9BrF3NO2S/c1-2-19-11(18)9-4-10(20-12(14,15)16)8(6-17)3-7(9)5-13/h3-4H,2,5H2,1H3. The van der Waals surface area contributed by atoms with E-state index < -0.39 is 23.2 Å². The van der Waals surface area contributed by atoms with E-state index in [2.05, 4.69) is 15.9 Å². The molecule has 0 fully saturated rings. The van der Waals surface area contributed by atoms with Gasteiger partial charge in [-0.1, -0.05) is 15.9 Å². The Hall–Kier alpha value is -1.20. The molecule has 8 heteroatoms. The number of nitrogens with zero attached hydrogens (tertiary/aromatic N) is 1. The number of ether oxygens (including phenoxy) is 1. The van der Waals surface area contributed by atoms with E-state index in [0.717, 1.165) is 6.07 Å². The quantitative estimate of drug-likeness (QED) is 0.453. The van der Waals surface area contributed by atoms with E-state index in [4.69, 9.17) is 10.00 Å². The van der Waals surface area contributed by atoms with Gasteiger partial charge in [0.25, 0.3) is 0 Å². The van der Waals surface area contributed by atoms with Gasteiger partial charge in [-0.15, -0.1) is 0 Å². The molecule has 0 atom stereocenters. The highest BCUT2D eigenvalue weighted by Gasteiger charge is 2.31. The third-order valence-corrected chi connectivity index (χ3v) is 3.58. The molecule has 1 aromatic carbocycles. The van der Waals surface area contributed by atoms with Gasteiger partial charge >= 0.3 is 11.5 Å². The van der Waals surface area contributed by atoms with Crippen LogP contribution < -0.4 is 0 Å². The van der Waals surface area contributed by atoms with Gasteiger partial charge in [0.1, 0.15) is 6.07 Å². The topological polar surface area (TPSA) is 50.1 Å². The van der Waals surface area contributed by atoms with Gasteiger partial charge in [-0.05, 0) is 36.4 Å². The molecule has 0 N–H and O–H groups in total. The molecule has 1 aromatic rings. The normalized spacial score (nSPS) is 11.0. The van der Waals surface area contributed by atoms with Gasteiger partial charge in [0, 0.05) is 10.2 Å². The lowest BCUT2D eigenvalue weighted by atomic mass is 10.1. The summed E-state index contributed by atoms with van der Waals surface area (Å²) in [5, 5.41) is 9.13. The molecule has 0 saturated carbocycles. The first-order chi connectivity index (χ1) is 9.32. The lowest BCUT2D eigenvalue weighted by Gasteiger charge is -2.12. The second-order valence-corrected chi connectivity index (χ2v) is 5.19. The molecule has 0 spiro atoms. The Morgan fingerprint density at radius 2 is 2.15 bits per heavy atom. The van der Waals surface area contributed by atoms with Gasteiger partial charge in [0.2, 0.25) is 0 Å². The molecule has 0 aromatic heterocycles. The number of nitriles is 1. The Balaban J connectivity index is 3.34. The van der Waals surface area contributed by atoms with Crippen molar-refractivity contribution < 1.29 is 22.7 Å². The number of hydrogen-bond acceptors (Lipinski definition) is 4. The molecular weight excluding hydrogens is 359 g/mol. The van der Waals surface area contributed by atoms with Crippen molar-refractivity contribution in [3.8, 4) is 6.07 Å². The highest BCUT2D eigenvalue weighted by atomic mass is 79.9. The minimum Gasteiger partial charge on any atom is -0.462 e.